The standard InChI is InChI=1S/C20H13N3S/c1-2-7-13(8-3-1)19-21-20(23-22-19)16-11-6-10-15-14-9-4-5-12-17(14)24-18(15)16/h1-12,20H. The second-order valence-corrected chi connectivity index (χ2v) is 6.78. The monoisotopic (exact) mass is 327 g/mol. The molecule has 4 heteroatoms. The molecule has 1 aromatic heterocycles. The molecule has 0 spiro atoms. The fourth-order valence-corrected chi connectivity index (χ4v) is 4.33. The van der Waals surface area contributed by atoms with Crippen LogP contribution in [0.25, 0.3) is 20.2 Å². The van der Waals surface area contributed by atoms with Gasteiger partial charge in [-0.3, -0.25) is 0 Å². The van der Waals surface area contributed by atoms with E-state index in [1.807, 2.05) is 30.3 Å². The minimum atomic E-state index is -0.253. The lowest BCUT2D eigenvalue weighted by Gasteiger charge is -2.04. The molecule has 0 saturated heterocycles. The van der Waals surface area contributed by atoms with E-state index >= 15 is 0 Å². The average molecular weight is 327 g/mol. The highest BCUT2D eigenvalue weighted by Crippen LogP contribution is 2.40. The number of thiophene rings is 1. The summed E-state index contributed by atoms with van der Waals surface area (Å²) in [6.45, 7) is 0. The van der Waals surface area contributed by atoms with Gasteiger partial charge in [-0.2, -0.15) is 5.11 Å². The van der Waals surface area contributed by atoms with Crippen molar-refractivity contribution in [3.63, 3.8) is 0 Å². The van der Waals surface area contributed by atoms with E-state index in [-0.39, 0.29) is 6.17 Å². The van der Waals surface area contributed by atoms with Crippen LogP contribution in [0.1, 0.15) is 17.3 Å². The number of benzene rings is 3. The summed E-state index contributed by atoms with van der Waals surface area (Å²) in [5.41, 5.74) is 2.13. The molecule has 0 radical (unpaired) electrons. The van der Waals surface area contributed by atoms with Crippen LogP contribution in [0.15, 0.2) is 88.0 Å². The van der Waals surface area contributed by atoms with Crippen LogP contribution in [0.4, 0.5) is 0 Å². The average Bonchev–Trinajstić information content (AvgIpc) is 3.27. The van der Waals surface area contributed by atoms with Crippen molar-refractivity contribution >= 4 is 37.3 Å². The van der Waals surface area contributed by atoms with Crippen LogP contribution in [-0.4, -0.2) is 5.84 Å². The third-order valence-electron chi connectivity index (χ3n) is 4.25. The highest BCUT2D eigenvalue weighted by Gasteiger charge is 2.21. The number of nitrogens with zero attached hydrogens (tertiary/aromatic N) is 3. The molecule has 0 aliphatic carbocycles. The molecule has 3 nitrogen and oxygen atoms in total. The third kappa shape index (κ3) is 2.07. The number of hydrogen-bond donors (Lipinski definition) is 0. The van der Waals surface area contributed by atoms with Crippen LogP contribution in [-0.2, 0) is 0 Å². The molecule has 3 aromatic carbocycles. The van der Waals surface area contributed by atoms with Crippen molar-refractivity contribution in [1.82, 2.24) is 0 Å². The number of hydrogen-bond acceptors (Lipinski definition) is 4. The van der Waals surface area contributed by atoms with Crippen LogP contribution in [0, 0.1) is 0 Å². The smallest absolute Gasteiger partial charge is 0.189 e. The Hall–Kier alpha value is -2.85. The minimum absolute atomic E-state index is 0.253. The Bertz CT molecular complexity index is 1110. The van der Waals surface area contributed by atoms with Gasteiger partial charge < -0.3 is 0 Å². The number of rotatable bonds is 2. The van der Waals surface area contributed by atoms with Gasteiger partial charge in [-0.05, 0) is 6.07 Å². The Kier molecular flexibility index (Phi) is 3.03. The van der Waals surface area contributed by atoms with Gasteiger partial charge in [0.25, 0.3) is 0 Å². The molecule has 114 valence electrons. The predicted octanol–water partition coefficient (Wildman–Crippen LogP) is 5.97. The van der Waals surface area contributed by atoms with Gasteiger partial charge in [0, 0.05) is 31.3 Å². The van der Waals surface area contributed by atoms with E-state index in [1.54, 1.807) is 11.3 Å². The van der Waals surface area contributed by atoms with Crippen molar-refractivity contribution in [3.8, 4) is 0 Å². The zero-order valence-corrected chi connectivity index (χ0v) is 13.6. The first kappa shape index (κ1) is 13.6. The molecular weight excluding hydrogens is 314 g/mol. The zero-order valence-electron chi connectivity index (χ0n) is 12.8. The van der Waals surface area contributed by atoms with Gasteiger partial charge in [-0.25, -0.2) is 4.99 Å². The number of amidine groups is 1. The van der Waals surface area contributed by atoms with Crippen LogP contribution in [0.3, 0.4) is 0 Å². The lowest BCUT2D eigenvalue weighted by Crippen LogP contribution is -1.94. The SMILES string of the molecule is c1ccc(C2=NC(c3cccc4c3sc3ccccc34)N=N2)cc1. The third-order valence-corrected chi connectivity index (χ3v) is 5.49. The first-order chi connectivity index (χ1) is 11.9. The summed E-state index contributed by atoms with van der Waals surface area (Å²) in [4.78, 5) is 4.74. The van der Waals surface area contributed by atoms with Crippen molar-refractivity contribution in [1.29, 1.82) is 0 Å². The van der Waals surface area contributed by atoms with Crippen molar-refractivity contribution in [3.05, 3.63) is 83.9 Å². The fourth-order valence-electron chi connectivity index (χ4n) is 3.10. The molecule has 0 fully saturated rings. The van der Waals surface area contributed by atoms with Crippen molar-refractivity contribution in [2.45, 2.75) is 6.17 Å². The Morgan fingerprint density at radius 3 is 2.46 bits per heavy atom. The molecule has 0 N–H and O–H groups in total. The van der Waals surface area contributed by atoms with Crippen LogP contribution >= 0.6 is 11.3 Å². The molecule has 1 unspecified atom stereocenters. The zero-order chi connectivity index (χ0) is 15.9. The molecule has 5 rings (SSSR count). The molecule has 1 aliphatic rings. The first-order valence-corrected chi connectivity index (χ1v) is 8.66. The van der Waals surface area contributed by atoms with Gasteiger partial charge in [0.15, 0.2) is 12.0 Å². The van der Waals surface area contributed by atoms with E-state index in [1.165, 1.54) is 20.2 Å². The largest absolute Gasteiger partial charge is 0.231 e. The molecular formula is C20H13N3S. The van der Waals surface area contributed by atoms with Crippen LogP contribution in [0.2, 0.25) is 0 Å². The van der Waals surface area contributed by atoms with Gasteiger partial charge in [-0.15, -0.1) is 16.5 Å². The lowest BCUT2D eigenvalue weighted by molar-refractivity contribution is 0.780. The van der Waals surface area contributed by atoms with Gasteiger partial charge in [-0.1, -0.05) is 66.7 Å². The summed E-state index contributed by atoms with van der Waals surface area (Å²) < 4.78 is 2.54. The quantitative estimate of drug-likeness (QED) is 0.435. The van der Waals surface area contributed by atoms with Crippen molar-refractivity contribution in [2.24, 2.45) is 15.2 Å². The second kappa shape index (κ2) is 5.35. The highest BCUT2D eigenvalue weighted by molar-refractivity contribution is 7.26. The predicted molar refractivity (Wildman–Crippen MR) is 99.9 cm³/mol. The van der Waals surface area contributed by atoms with E-state index in [9.17, 15) is 0 Å². The highest BCUT2D eigenvalue weighted by atomic mass is 32.1. The Labute approximate surface area is 143 Å². The molecule has 0 amide bonds. The minimum Gasteiger partial charge on any atom is -0.231 e. The Morgan fingerprint density at radius 1 is 0.750 bits per heavy atom. The summed E-state index contributed by atoms with van der Waals surface area (Å²) in [6.07, 6.45) is -0.253. The number of aliphatic imine (C=N–C) groups is 1. The summed E-state index contributed by atoms with van der Waals surface area (Å²) >= 11 is 1.80. The molecule has 4 aromatic rings. The fraction of sp³-hybridized carbons (Fsp3) is 0.0500. The molecule has 0 bridgehead atoms. The van der Waals surface area contributed by atoms with Gasteiger partial charge in [0.05, 0.1) is 0 Å². The van der Waals surface area contributed by atoms with Gasteiger partial charge in [0.1, 0.15) is 0 Å². The maximum absolute atomic E-state index is 4.74. The number of azo groups is 1. The number of fused-ring (bicyclic) bond motifs is 3. The summed E-state index contributed by atoms with van der Waals surface area (Å²) in [5, 5.41) is 11.3. The normalized spacial score (nSPS) is 16.8. The van der Waals surface area contributed by atoms with E-state index in [0.717, 1.165) is 11.1 Å². The van der Waals surface area contributed by atoms with E-state index in [4.69, 9.17) is 4.99 Å². The van der Waals surface area contributed by atoms with Crippen LogP contribution in [0.5, 0.6) is 0 Å². The summed E-state index contributed by atoms with van der Waals surface area (Å²) in [5.74, 6) is 0.707. The molecule has 1 atom stereocenters. The lowest BCUT2D eigenvalue weighted by atomic mass is 10.1. The molecule has 1 aliphatic heterocycles. The second-order valence-electron chi connectivity index (χ2n) is 5.73. The first-order valence-electron chi connectivity index (χ1n) is 7.84. The van der Waals surface area contributed by atoms with Crippen LogP contribution < -0.4 is 0 Å². The molecule has 2 heterocycles. The van der Waals surface area contributed by atoms with E-state index in [0.29, 0.717) is 5.84 Å². The topological polar surface area (TPSA) is 37.1 Å². The maximum atomic E-state index is 4.74. The molecule has 24 heavy (non-hydrogen) atoms. The summed E-state index contributed by atoms with van der Waals surface area (Å²) in [6, 6.07) is 24.9. The Morgan fingerprint density at radius 2 is 1.54 bits per heavy atom. The Balaban J connectivity index is 1.65. The summed E-state index contributed by atoms with van der Waals surface area (Å²) in [7, 11) is 0. The van der Waals surface area contributed by atoms with E-state index in [2.05, 4.69) is 52.7 Å². The van der Waals surface area contributed by atoms with Crippen molar-refractivity contribution in [2.75, 3.05) is 0 Å². The molecule has 0 saturated carbocycles. The van der Waals surface area contributed by atoms with Gasteiger partial charge >= 0.3 is 0 Å². The maximum Gasteiger partial charge on any atom is 0.189 e. The van der Waals surface area contributed by atoms with Crippen molar-refractivity contribution < 1.29 is 0 Å². The van der Waals surface area contributed by atoms with E-state index < -0.39 is 0 Å². The van der Waals surface area contributed by atoms with Gasteiger partial charge in [0.2, 0.25) is 0 Å².